The van der Waals surface area contributed by atoms with Crippen LogP contribution in [-0.2, 0) is 4.79 Å². The number of hydrogen-bond acceptors (Lipinski definition) is 7. The lowest BCUT2D eigenvalue weighted by Crippen LogP contribution is -2.30. The van der Waals surface area contributed by atoms with E-state index in [-0.39, 0.29) is 5.78 Å². The third-order valence-electron chi connectivity index (χ3n) is 9.45. The summed E-state index contributed by atoms with van der Waals surface area (Å²) in [6.07, 6.45) is 17.8. The van der Waals surface area contributed by atoms with Gasteiger partial charge in [0.05, 0.1) is 27.4 Å². The zero-order valence-corrected chi connectivity index (χ0v) is 28.2. The molecule has 0 radical (unpaired) electrons. The Morgan fingerprint density at radius 3 is 1.43 bits per heavy atom. The van der Waals surface area contributed by atoms with Gasteiger partial charge in [0, 0.05) is 11.1 Å². The first-order chi connectivity index (χ1) is 22.6. The number of nitrogens with zero attached hydrogens (tertiary/aromatic N) is 2. The van der Waals surface area contributed by atoms with Gasteiger partial charge in [0.1, 0.15) is 0 Å². The molecular weight excluding hydrogens is 576 g/mol. The Hall–Kier alpha value is -3.29. The Balaban J connectivity index is 1.10. The minimum Gasteiger partial charge on any atom is -0.493 e. The summed E-state index contributed by atoms with van der Waals surface area (Å²) in [7, 11) is 3.33. The number of Topliss-reactive ketones (excluding diaryl/α,β-unsaturated/α-hetero) is 1. The first kappa shape index (κ1) is 34.1. The molecule has 0 bridgehead atoms. The van der Waals surface area contributed by atoms with Crippen LogP contribution in [0.3, 0.4) is 0 Å². The third kappa shape index (κ3) is 10.1. The van der Waals surface area contributed by atoms with Crippen molar-refractivity contribution in [3.05, 3.63) is 58.7 Å². The molecule has 7 heteroatoms. The quantitative estimate of drug-likeness (QED) is 0.138. The van der Waals surface area contributed by atoms with Crippen LogP contribution in [0.5, 0.6) is 23.0 Å². The van der Waals surface area contributed by atoms with Crippen molar-refractivity contribution in [2.24, 2.45) is 0 Å². The van der Waals surface area contributed by atoms with Gasteiger partial charge in [-0.15, -0.1) is 0 Å². The molecule has 2 saturated heterocycles. The summed E-state index contributed by atoms with van der Waals surface area (Å²) >= 11 is 0. The van der Waals surface area contributed by atoms with Gasteiger partial charge in [-0.3, -0.25) is 4.79 Å². The molecule has 2 aromatic carbocycles. The number of piperidine rings is 2. The second-order valence-corrected chi connectivity index (χ2v) is 12.9. The molecule has 0 unspecified atom stereocenters. The smallest absolute Gasteiger partial charge is 0.185 e. The molecule has 0 spiro atoms. The fraction of sp³-hybridized carbons (Fsp3) is 0.564. The van der Waals surface area contributed by atoms with E-state index in [4.69, 9.17) is 18.9 Å². The Kier molecular flexibility index (Phi) is 13.4. The molecule has 1 aliphatic carbocycles. The molecule has 2 aliphatic heterocycles. The zero-order valence-electron chi connectivity index (χ0n) is 28.2. The van der Waals surface area contributed by atoms with Crippen LogP contribution in [0.1, 0.15) is 88.2 Å². The highest BCUT2D eigenvalue weighted by atomic mass is 16.5. The monoisotopic (exact) mass is 630 g/mol. The van der Waals surface area contributed by atoms with Crippen LogP contribution >= 0.6 is 0 Å². The van der Waals surface area contributed by atoms with Gasteiger partial charge in [0.15, 0.2) is 28.8 Å². The summed E-state index contributed by atoms with van der Waals surface area (Å²) in [5, 5.41) is 0. The highest BCUT2D eigenvalue weighted by Gasteiger charge is 2.23. The number of benzene rings is 2. The maximum atomic E-state index is 13.3. The van der Waals surface area contributed by atoms with E-state index < -0.39 is 0 Å². The van der Waals surface area contributed by atoms with Crippen molar-refractivity contribution in [3.63, 3.8) is 0 Å². The van der Waals surface area contributed by atoms with E-state index >= 15 is 0 Å². The van der Waals surface area contributed by atoms with Gasteiger partial charge < -0.3 is 28.7 Å². The largest absolute Gasteiger partial charge is 0.493 e. The van der Waals surface area contributed by atoms with Crippen LogP contribution in [0.4, 0.5) is 0 Å². The topological polar surface area (TPSA) is 60.5 Å². The van der Waals surface area contributed by atoms with Crippen LogP contribution in [0.2, 0.25) is 0 Å². The van der Waals surface area contributed by atoms with Gasteiger partial charge in [0.2, 0.25) is 0 Å². The Morgan fingerprint density at radius 1 is 0.587 bits per heavy atom. The van der Waals surface area contributed by atoms with Crippen molar-refractivity contribution in [1.29, 1.82) is 0 Å². The second kappa shape index (κ2) is 18.2. The van der Waals surface area contributed by atoms with Gasteiger partial charge in [-0.05, 0) is 151 Å². The van der Waals surface area contributed by atoms with Gasteiger partial charge in [0.25, 0.3) is 0 Å². The molecule has 2 heterocycles. The molecule has 5 rings (SSSR count). The van der Waals surface area contributed by atoms with E-state index in [2.05, 4.69) is 9.80 Å². The number of methoxy groups -OCH3 is 2. The summed E-state index contributed by atoms with van der Waals surface area (Å²) in [6.45, 7) is 8.61. The average Bonchev–Trinajstić information content (AvgIpc) is 3.43. The predicted octanol–water partition coefficient (Wildman–Crippen LogP) is 7.82. The Labute approximate surface area is 276 Å². The Morgan fingerprint density at radius 2 is 1.02 bits per heavy atom. The van der Waals surface area contributed by atoms with Gasteiger partial charge >= 0.3 is 0 Å². The van der Waals surface area contributed by atoms with E-state index in [0.717, 1.165) is 85.4 Å². The highest BCUT2D eigenvalue weighted by Crippen LogP contribution is 2.34. The molecule has 1 saturated carbocycles. The van der Waals surface area contributed by atoms with Crippen molar-refractivity contribution in [3.8, 4) is 23.0 Å². The van der Waals surface area contributed by atoms with Crippen LogP contribution in [0.15, 0.2) is 47.5 Å². The molecule has 250 valence electrons. The third-order valence-corrected chi connectivity index (χ3v) is 9.45. The first-order valence-corrected chi connectivity index (χ1v) is 17.6. The van der Waals surface area contributed by atoms with Crippen LogP contribution < -0.4 is 18.9 Å². The number of unbranched alkanes of at least 4 members (excludes halogenated alkanes) is 2. The number of ether oxygens (including phenoxy) is 4. The SMILES string of the molecule is COc1cc(/C=C2\CC/C(=C\c3ccc(OCCCCN4CCCCC4)c(OC)c3)C2=O)ccc1OCCCCN1CCCCC1. The Bertz CT molecular complexity index is 1220. The summed E-state index contributed by atoms with van der Waals surface area (Å²) in [4.78, 5) is 18.5. The van der Waals surface area contributed by atoms with E-state index in [1.807, 2.05) is 48.6 Å². The van der Waals surface area contributed by atoms with Crippen molar-refractivity contribution in [1.82, 2.24) is 9.80 Å². The van der Waals surface area contributed by atoms with Crippen molar-refractivity contribution in [2.75, 3.05) is 66.7 Å². The molecular formula is C39H54N2O5. The fourth-order valence-corrected chi connectivity index (χ4v) is 6.77. The van der Waals surface area contributed by atoms with E-state index in [1.54, 1.807) is 14.2 Å². The minimum atomic E-state index is 0.0981. The maximum absolute atomic E-state index is 13.3. The molecule has 0 N–H and O–H groups in total. The van der Waals surface area contributed by atoms with Gasteiger partial charge in [-0.2, -0.15) is 0 Å². The van der Waals surface area contributed by atoms with Crippen molar-refractivity contribution < 1.29 is 23.7 Å². The zero-order chi connectivity index (χ0) is 32.0. The van der Waals surface area contributed by atoms with Crippen LogP contribution in [0, 0.1) is 0 Å². The lowest BCUT2D eigenvalue weighted by Gasteiger charge is -2.26. The summed E-state index contributed by atoms with van der Waals surface area (Å²) in [5.74, 6) is 2.99. The predicted molar refractivity (Wildman–Crippen MR) is 186 cm³/mol. The standard InChI is InChI=1S/C39H54N2O5/c1-43-37-29-31(13-17-35(37)45-25-11-9-23-40-19-5-3-6-20-40)27-33-15-16-34(39(33)42)28-32-14-18-36(38(30-32)44-2)46-26-12-10-24-41-21-7-4-8-22-41/h13-14,17-18,27-30H,3-12,15-16,19-26H2,1-2H3/b33-27+,34-28+. The number of allylic oxidation sites excluding steroid dienone is 2. The lowest BCUT2D eigenvalue weighted by atomic mass is 10.1. The highest BCUT2D eigenvalue weighted by molar-refractivity contribution is 6.15. The molecule has 3 fully saturated rings. The van der Waals surface area contributed by atoms with Gasteiger partial charge in [-0.1, -0.05) is 25.0 Å². The fourth-order valence-electron chi connectivity index (χ4n) is 6.77. The number of likely N-dealkylation sites (tertiary alicyclic amines) is 2. The molecule has 0 atom stereocenters. The van der Waals surface area contributed by atoms with E-state index in [1.165, 1.54) is 64.7 Å². The summed E-state index contributed by atoms with van der Waals surface area (Å²) in [6, 6.07) is 11.8. The molecule has 2 aromatic rings. The van der Waals surface area contributed by atoms with E-state index in [9.17, 15) is 4.79 Å². The number of ketones is 1. The van der Waals surface area contributed by atoms with Crippen LogP contribution in [-0.4, -0.2) is 82.3 Å². The number of carbonyl (C=O) groups is 1. The van der Waals surface area contributed by atoms with E-state index in [0.29, 0.717) is 24.7 Å². The summed E-state index contributed by atoms with van der Waals surface area (Å²) in [5.41, 5.74) is 3.52. The number of hydrogen-bond donors (Lipinski definition) is 0. The first-order valence-electron chi connectivity index (χ1n) is 17.6. The molecule has 7 nitrogen and oxygen atoms in total. The maximum Gasteiger partial charge on any atom is 0.185 e. The number of rotatable bonds is 16. The lowest BCUT2D eigenvalue weighted by molar-refractivity contribution is -0.111. The molecule has 0 aromatic heterocycles. The summed E-state index contributed by atoms with van der Waals surface area (Å²) < 4.78 is 23.4. The molecule has 0 amide bonds. The minimum absolute atomic E-state index is 0.0981. The van der Waals surface area contributed by atoms with Crippen molar-refractivity contribution >= 4 is 17.9 Å². The van der Waals surface area contributed by atoms with Crippen molar-refractivity contribution in [2.45, 2.75) is 77.0 Å². The van der Waals surface area contributed by atoms with Crippen LogP contribution in [0.25, 0.3) is 12.2 Å². The van der Waals surface area contributed by atoms with Gasteiger partial charge in [-0.25, -0.2) is 0 Å². The molecule has 46 heavy (non-hydrogen) atoms. The normalized spacial score (nSPS) is 19.6. The molecule has 3 aliphatic rings. The second-order valence-electron chi connectivity index (χ2n) is 12.9. The number of carbonyl (C=O) groups excluding carboxylic acids is 1. The average molecular weight is 631 g/mol.